The van der Waals surface area contributed by atoms with Gasteiger partial charge in [-0.05, 0) is 17.7 Å². The number of nitrogens with one attached hydrogen (secondary N) is 1. The van der Waals surface area contributed by atoms with Crippen LogP contribution in [0.2, 0.25) is 0 Å². The van der Waals surface area contributed by atoms with Crippen LogP contribution in [0.5, 0.6) is 5.75 Å². The number of hydrogen-bond donors (Lipinski definition) is 1. The van der Waals surface area contributed by atoms with E-state index >= 15 is 0 Å². The molecule has 0 bridgehead atoms. The fraction of sp³-hybridized carbons (Fsp3) is 0.579. The molecule has 0 spiro atoms. The summed E-state index contributed by atoms with van der Waals surface area (Å²) in [5.41, 5.74) is 0.869. The van der Waals surface area contributed by atoms with Crippen LogP contribution >= 0.6 is 0 Å². The molecule has 3 rings (SSSR count). The van der Waals surface area contributed by atoms with Crippen LogP contribution in [0.3, 0.4) is 0 Å². The van der Waals surface area contributed by atoms with Gasteiger partial charge in [-0.2, -0.15) is 0 Å². The molecular weight excluding hydrogens is 350 g/mol. The van der Waals surface area contributed by atoms with Crippen LogP contribution in [-0.4, -0.2) is 87.9 Å². The van der Waals surface area contributed by atoms with Gasteiger partial charge in [-0.15, -0.1) is 0 Å². The minimum Gasteiger partial charge on any atom is -0.497 e. The average Bonchev–Trinajstić information content (AvgIpc) is 2.74. The fourth-order valence-corrected chi connectivity index (χ4v) is 3.33. The largest absolute Gasteiger partial charge is 0.497 e. The Morgan fingerprint density at radius 2 is 1.63 bits per heavy atom. The van der Waals surface area contributed by atoms with Crippen molar-refractivity contribution in [2.75, 3.05) is 66.3 Å². The van der Waals surface area contributed by atoms with Crippen LogP contribution in [0.4, 0.5) is 0 Å². The smallest absolute Gasteiger partial charge is 0.242 e. The molecule has 0 aliphatic carbocycles. The predicted octanol–water partition coefficient (Wildman–Crippen LogP) is 0.0435. The monoisotopic (exact) mass is 377 g/mol. The molecule has 0 aromatic heterocycles. The number of morpholine rings is 2. The van der Waals surface area contributed by atoms with E-state index in [0.717, 1.165) is 11.3 Å². The maximum absolute atomic E-state index is 13.0. The number of benzene rings is 1. The summed E-state index contributed by atoms with van der Waals surface area (Å²) < 4.78 is 15.9. The molecule has 1 N–H and O–H groups in total. The predicted molar refractivity (Wildman–Crippen MR) is 98.5 cm³/mol. The third-order valence-corrected chi connectivity index (χ3v) is 4.87. The third kappa shape index (κ3) is 5.18. The molecule has 0 radical (unpaired) electrons. The number of nitrogens with zero attached hydrogens (tertiary/aromatic N) is 2. The van der Waals surface area contributed by atoms with Crippen LogP contribution in [0.15, 0.2) is 24.3 Å². The van der Waals surface area contributed by atoms with Crippen molar-refractivity contribution in [3.05, 3.63) is 29.8 Å². The van der Waals surface area contributed by atoms with Crippen LogP contribution in [0, 0.1) is 0 Å². The van der Waals surface area contributed by atoms with Crippen molar-refractivity contribution in [3.63, 3.8) is 0 Å². The lowest BCUT2D eigenvalue weighted by molar-refractivity contribution is -0.137. The second-order valence-corrected chi connectivity index (χ2v) is 6.54. The van der Waals surface area contributed by atoms with Crippen molar-refractivity contribution in [1.29, 1.82) is 0 Å². The molecule has 1 atom stereocenters. The Morgan fingerprint density at radius 3 is 2.22 bits per heavy atom. The molecule has 2 fully saturated rings. The van der Waals surface area contributed by atoms with Gasteiger partial charge in [0.25, 0.3) is 0 Å². The van der Waals surface area contributed by atoms with Crippen molar-refractivity contribution in [3.8, 4) is 5.75 Å². The molecule has 0 saturated carbocycles. The lowest BCUT2D eigenvalue weighted by atomic mass is 10.0. The maximum atomic E-state index is 13.0. The van der Waals surface area contributed by atoms with Crippen LogP contribution in [0.25, 0.3) is 0 Å². The van der Waals surface area contributed by atoms with Gasteiger partial charge in [-0.25, -0.2) is 0 Å². The molecule has 8 heteroatoms. The minimum absolute atomic E-state index is 0.00414. The highest BCUT2D eigenvalue weighted by molar-refractivity contribution is 5.88. The van der Waals surface area contributed by atoms with Crippen LogP contribution in [0.1, 0.15) is 11.6 Å². The normalized spacial score (nSPS) is 19.4. The summed E-state index contributed by atoms with van der Waals surface area (Å²) in [6.07, 6.45) is 0. The first-order valence-corrected chi connectivity index (χ1v) is 9.28. The summed E-state index contributed by atoms with van der Waals surface area (Å²) in [4.78, 5) is 29.1. The number of rotatable bonds is 6. The summed E-state index contributed by atoms with van der Waals surface area (Å²) in [7, 11) is 1.61. The lowest BCUT2D eigenvalue weighted by Crippen LogP contribution is -2.49. The zero-order chi connectivity index (χ0) is 19.1. The first-order chi connectivity index (χ1) is 13.2. The first-order valence-electron chi connectivity index (χ1n) is 9.28. The summed E-state index contributed by atoms with van der Waals surface area (Å²) in [5, 5.41) is 2.82. The van der Waals surface area contributed by atoms with Crippen LogP contribution < -0.4 is 10.1 Å². The molecule has 27 heavy (non-hydrogen) atoms. The number of carbonyl (C=O) groups is 2. The Balaban J connectivity index is 1.66. The number of ether oxygens (including phenoxy) is 3. The van der Waals surface area contributed by atoms with Gasteiger partial charge in [0.05, 0.1) is 40.1 Å². The first kappa shape index (κ1) is 19.6. The van der Waals surface area contributed by atoms with Gasteiger partial charge in [-0.3, -0.25) is 14.5 Å². The van der Waals surface area contributed by atoms with Crippen molar-refractivity contribution in [2.45, 2.75) is 6.04 Å². The van der Waals surface area contributed by atoms with Gasteiger partial charge in [-0.1, -0.05) is 12.1 Å². The summed E-state index contributed by atoms with van der Waals surface area (Å²) in [5.74, 6) is 0.480. The molecule has 2 aliphatic heterocycles. The van der Waals surface area contributed by atoms with E-state index in [1.54, 1.807) is 12.0 Å². The van der Waals surface area contributed by atoms with E-state index in [2.05, 4.69) is 10.2 Å². The Bertz CT molecular complexity index is 625. The van der Waals surface area contributed by atoms with E-state index < -0.39 is 6.04 Å². The number of methoxy groups -OCH3 is 1. The van der Waals surface area contributed by atoms with E-state index in [4.69, 9.17) is 14.2 Å². The maximum Gasteiger partial charge on any atom is 0.242 e. The highest BCUT2D eigenvalue weighted by Gasteiger charge is 2.29. The van der Waals surface area contributed by atoms with Crippen molar-refractivity contribution in [2.24, 2.45) is 0 Å². The molecule has 2 saturated heterocycles. The molecule has 1 aromatic rings. The Kier molecular flexibility index (Phi) is 7.03. The van der Waals surface area contributed by atoms with Gasteiger partial charge in [0.2, 0.25) is 11.8 Å². The van der Waals surface area contributed by atoms with Crippen molar-refractivity contribution < 1.29 is 23.8 Å². The molecule has 8 nitrogen and oxygen atoms in total. The summed E-state index contributed by atoms with van der Waals surface area (Å²) >= 11 is 0. The van der Waals surface area contributed by atoms with E-state index in [1.807, 2.05) is 24.3 Å². The van der Waals surface area contributed by atoms with Crippen molar-refractivity contribution >= 4 is 11.8 Å². The molecule has 1 aromatic carbocycles. The zero-order valence-corrected chi connectivity index (χ0v) is 15.7. The number of hydrogen-bond acceptors (Lipinski definition) is 6. The van der Waals surface area contributed by atoms with E-state index in [0.29, 0.717) is 52.6 Å². The van der Waals surface area contributed by atoms with Crippen LogP contribution in [-0.2, 0) is 19.1 Å². The summed E-state index contributed by atoms with van der Waals surface area (Å²) in [6, 6.07) is 7.01. The highest BCUT2D eigenvalue weighted by Crippen LogP contribution is 2.24. The SMILES string of the molecule is COc1ccc(C(C(=O)NCC(=O)N2CCOCC2)N2CCOCC2)cc1. The Hall–Kier alpha value is -2.16. The number of carbonyl (C=O) groups excluding carboxylic acids is 2. The molecule has 2 aliphatic rings. The highest BCUT2D eigenvalue weighted by atomic mass is 16.5. The second-order valence-electron chi connectivity index (χ2n) is 6.54. The molecule has 148 valence electrons. The lowest BCUT2D eigenvalue weighted by Gasteiger charge is -2.34. The van der Waals surface area contributed by atoms with Gasteiger partial charge >= 0.3 is 0 Å². The Labute approximate surface area is 159 Å². The quantitative estimate of drug-likeness (QED) is 0.754. The van der Waals surface area contributed by atoms with Gasteiger partial charge in [0.1, 0.15) is 11.8 Å². The van der Waals surface area contributed by atoms with E-state index in [-0.39, 0.29) is 18.4 Å². The average molecular weight is 377 g/mol. The van der Waals surface area contributed by atoms with E-state index in [1.165, 1.54) is 0 Å². The summed E-state index contributed by atoms with van der Waals surface area (Å²) in [6.45, 7) is 4.74. The third-order valence-electron chi connectivity index (χ3n) is 4.87. The molecule has 2 heterocycles. The minimum atomic E-state index is -0.461. The van der Waals surface area contributed by atoms with Gasteiger partial charge < -0.3 is 24.4 Å². The molecule has 1 unspecified atom stereocenters. The Morgan fingerprint density at radius 1 is 1.04 bits per heavy atom. The number of amides is 2. The molecule has 2 amide bonds. The standard InChI is InChI=1S/C19H27N3O5/c1-25-16-4-2-15(3-5-16)18(22-8-12-27-13-9-22)19(24)20-14-17(23)21-6-10-26-11-7-21/h2-5,18H,6-14H2,1H3,(H,20,24). The van der Waals surface area contributed by atoms with Crippen molar-refractivity contribution in [1.82, 2.24) is 15.1 Å². The fourth-order valence-electron chi connectivity index (χ4n) is 3.33. The van der Waals surface area contributed by atoms with E-state index in [9.17, 15) is 9.59 Å². The molecular formula is C19H27N3O5. The topological polar surface area (TPSA) is 80.3 Å². The van der Waals surface area contributed by atoms with Gasteiger partial charge in [0.15, 0.2) is 0 Å². The second kappa shape index (κ2) is 9.68. The van der Waals surface area contributed by atoms with Gasteiger partial charge in [0, 0.05) is 26.2 Å². The zero-order valence-electron chi connectivity index (χ0n) is 15.7.